The van der Waals surface area contributed by atoms with Gasteiger partial charge in [-0.2, -0.15) is 11.8 Å². The van der Waals surface area contributed by atoms with Crippen LogP contribution in [-0.4, -0.2) is 36.8 Å². The van der Waals surface area contributed by atoms with Gasteiger partial charge in [0.2, 0.25) is 0 Å². The SMILES string of the molecule is CSCCCCNCC1CCC2(CCCC2)O1. The molecule has 2 rings (SSSR count). The van der Waals surface area contributed by atoms with E-state index >= 15 is 0 Å². The molecule has 0 radical (unpaired) electrons. The Hall–Kier alpha value is 0.270. The van der Waals surface area contributed by atoms with Crippen LogP contribution in [0.5, 0.6) is 0 Å². The second kappa shape index (κ2) is 7.01. The van der Waals surface area contributed by atoms with Gasteiger partial charge in [0.1, 0.15) is 0 Å². The van der Waals surface area contributed by atoms with Gasteiger partial charge >= 0.3 is 0 Å². The molecule has 1 atom stereocenters. The molecule has 100 valence electrons. The number of unbranched alkanes of at least 4 members (excludes halogenated alkanes) is 1. The summed E-state index contributed by atoms with van der Waals surface area (Å²) < 4.78 is 6.27. The van der Waals surface area contributed by atoms with E-state index in [9.17, 15) is 0 Å². The largest absolute Gasteiger partial charge is 0.370 e. The third-order valence-corrected chi connectivity index (χ3v) is 4.87. The molecule has 2 aliphatic rings. The fourth-order valence-corrected chi connectivity index (χ4v) is 3.68. The van der Waals surface area contributed by atoms with Crippen molar-refractivity contribution in [2.45, 2.75) is 63.1 Å². The molecule has 1 spiro atoms. The molecule has 0 amide bonds. The normalized spacial score (nSPS) is 27.0. The van der Waals surface area contributed by atoms with E-state index in [4.69, 9.17) is 4.74 Å². The Balaban J connectivity index is 1.52. The standard InChI is InChI=1S/C14H27NOS/c1-17-11-5-4-10-15-12-13-6-9-14(16-13)7-2-3-8-14/h13,15H,2-12H2,1H3. The van der Waals surface area contributed by atoms with E-state index in [1.54, 1.807) is 0 Å². The number of hydrogen-bond acceptors (Lipinski definition) is 3. The molecule has 1 N–H and O–H groups in total. The minimum atomic E-state index is 0.311. The van der Waals surface area contributed by atoms with E-state index in [-0.39, 0.29) is 0 Å². The summed E-state index contributed by atoms with van der Waals surface area (Å²) in [6, 6.07) is 0. The summed E-state index contributed by atoms with van der Waals surface area (Å²) in [7, 11) is 0. The van der Waals surface area contributed by atoms with Crippen LogP contribution in [0.4, 0.5) is 0 Å². The Morgan fingerprint density at radius 3 is 2.82 bits per heavy atom. The highest BCUT2D eigenvalue weighted by Crippen LogP contribution is 2.43. The first-order valence-corrected chi connectivity index (χ1v) is 8.61. The van der Waals surface area contributed by atoms with Gasteiger partial charge in [-0.15, -0.1) is 0 Å². The maximum atomic E-state index is 6.27. The minimum absolute atomic E-state index is 0.311. The number of nitrogens with one attached hydrogen (secondary N) is 1. The van der Waals surface area contributed by atoms with Gasteiger partial charge in [0, 0.05) is 6.54 Å². The molecule has 0 bridgehead atoms. The molecule has 0 aromatic heterocycles. The first kappa shape index (κ1) is 13.7. The van der Waals surface area contributed by atoms with Gasteiger partial charge in [0.05, 0.1) is 11.7 Å². The van der Waals surface area contributed by atoms with Gasteiger partial charge in [-0.25, -0.2) is 0 Å². The molecular weight excluding hydrogens is 230 g/mol. The lowest BCUT2D eigenvalue weighted by molar-refractivity contribution is -0.0350. The predicted octanol–water partition coefficient (Wildman–Crippen LogP) is 3.21. The van der Waals surface area contributed by atoms with Crippen LogP contribution in [0.25, 0.3) is 0 Å². The molecule has 1 aliphatic carbocycles. The van der Waals surface area contributed by atoms with E-state index in [0.717, 1.165) is 13.1 Å². The van der Waals surface area contributed by atoms with E-state index in [0.29, 0.717) is 11.7 Å². The molecule has 2 nitrogen and oxygen atoms in total. The number of hydrogen-bond donors (Lipinski definition) is 1. The molecule has 1 saturated heterocycles. The van der Waals surface area contributed by atoms with Crippen molar-refractivity contribution in [3.8, 4) is 0 Å². The Morgan fingerprint density at radius 1 is 1.24 bits per heavy atom. The van der Waals surface area contributed by atoms with E-state index in [1.807, 2.05) is 11.8 Å². The second-order valence-electron chi connectivity index (χ2n) is 5.57. The Labute approximate surface area is 110 Å². The number of rotatable bonds is 7. The van der Waals surface area contributed by atoms with Crippen molar-refractivity contribution in [3.05, 3.63) is 0 Å². The highest BCUT2D eigenvalue weighted by molar-refractivity contribution is 7.98. The Bertz CT molecular complexity index is 216. The molecule has 1 unspecified atom stereocenters. The Morgan fingerprint density at radius 2 is 2.06 bits per heavy atom. The average molecular weight is 257 g/mol. The Kier molecular flexibility index (Phi) is 5.64. The van der Waals surface area contributed by atoms with Crippen LogP contribution in [0.1, 0.15) is 51.4 Å². The van der Waals surface area contributed by atoms with Crippen molar-refractivity contribution in [1.82, 2.24) is 5.32 Å². The summed E-state index contributed by atoms with van der Waals surface area (Å²) in [6.07, 6.45) is 13.3. The van der Waals surface area contributed by atoms with Gasteiger partial charge < -0.3 is 10.1 Å². The lowest BCUT2D eigenvalue weighted by Gasteiger charge is -2.23. The summed E-state index contributed by atoms with van der Waals surface area (Å²) in [5.41, 5.74) is 0.311. The summed E-state index contributed by atoms with van der Waals surface area (Å²) in [6.45, 7) is 2.23. The maximum absolute atomic E-state index is 6.27. The molecule has 0 aromatic carbocycles. The number of thioether (sulfide) groups is 1. The fraction of sp³-hybridized carbons (Fsp3) is 1.00. The van der Waals surface area contributed by atoms with Crippen LogP contribution in [0.3, 0.4) is 0 Å². The molecule has 2 fully saturated rings. The van der Waals surface area contributed by atoms with Crippen LogP contribution in [-0.2, 0) is 4.74 Å². The van der Waals surface area contributed by atoms with Gasteiger partial charge in [0.15, 0.2) is 0 Å². The van der Waals surface area contributed by atoms with Crippen molar-refractivity contribution in [2.24, 2.45) is 0 Å². The molecule has 3 heteroatoms. The minimum Gasteiger partial charge on any atom is -0.370 e. The van der Waals surface area contributed by atoms with Crippen LogP contribution >= 0.6 is 11.8 Å². The molecule has 1 heterocycles. The maximum Gasteiger partial charge on any atom is 0.0708 e. The topological polar surface area (TPSA) is 21.3 Å². The third kappa shape index (κ3) is 4.15. The van der Waals surface area contributed by atoms with Crippen molar-refractivity contribution in [3.63, 3.8) is 0 Å². The van der Waals surface area contributed by atoms with Gasteiger partial charge in [-0.3, -0.25) is 0 Å². The summed E-state index contributed by atoms with van der Waals surface area (Å²) in [5, 5.41) is 3.56. The van der Waals surface area contributed by atoms with E-state index in [2.05, 4.69) is 11.6 Å². The lowest BCUT2D eigenvalue weighted by Crippen LogP contribution is -2.31. The van der Waals surface area contributed by atoms with Crippen LogP contribution in [0, 0.1) is 0 Å². The van der Waals surface area contributed by atoms with Crippen LogP contribution in [0.15, 0.2) is 0 Å². The second-order valence-corrected chi connectivity index (χ2v) is 6.56. The van der Waals surface area contributed by atoms with Crippen molar-refractivity contribution < 1.29 is 4.74 Å². The predicted molar refractivity (Wildman–Crippen MR) is 75.8 cm³/mol. The summed E-state index contributed by atoms with van der Waals surface area (Å²) in [5.74, 6) is 1.30. The zero-order chi connectivity index (χ0) is 12.0. The zero-order valence-corrected chi connectivity index (χ0v) is 12.0. The molecule has 1 aliphatic heterocycles. The number of ether oxygens (including phenoxy) is 1. The molecule has 0 aromatic rings. The fourth-order valence-electron chi connectivity index (χ4n) is 3.19. The van der Waals surface area contributed by atoms with Crippen molar-refractivity contribution in [2.75, 3.05) is 25.1 Å². The quantitative estimate of drug-likeness (QED) is 0.708. The molecule has 17 heavy (non-hydrogen) atoms. The monoisotopic (exact) mass is 257 g/mol. The molecular formula is C14H27NOS. The van der Waals surface area contributed by atoms with Crippen LogP contribution < -0.4 is 5.32 Å². The average Bonchev–Trinajstić information content (AvgIpc) is 2.95. The highest BCUT2D eigenvalue weighted by Gasteiger charge is 2.41. The summed E-state index contributed by atoms with van der Waals surface area (Å²) in [4.78, 5) is 0. The first-order chi connectivity index (χ1) is 8.35. The van der Waals surface area contributed by atoms with Gasteiger partial charge in [0.25, 0.3) is 0 Å². The third-order valence-electron chi connectivity index (χ3n) is 4.18. The highest BCUT2D eigenvalue weighted by atomic mass is 32.2. The molecule has 1 saturated carbocycles. The van der Waals surface area contributed by atoms with Gasteiger partial charge in [-0.1, -0.05) is 12.8 Å². The van der Waals surface area contributed by atoms with Crippen molar-refractivity contribution in [1.29, 1.82) is 0 Å². The first-order valence-electron chi connectivity index (χ1n) is 7.22. The summed E-state index contributed by atoms with van der Waals surface area (Å²) >= 11 is 1.95. The van der Waals surface area contributed by atoms with Crippen molar-refractivity contribution >= 4 is 11.8 Å². The van der Waals surface area contributed by atoms with E-state index in [1.165, 1.54) is 57.1 Å². The van der Waals surface area contributed by atoms with Crippen LogP contribution in [0.2, 0.25) is 0 Å². The lowest BCUT2D eigenvalue weighted by atomic mass is 9.98. The van der Waals surface area contributed by atoms with E-state index < -0.39 is 0 Å². The zero-order valence-electron chi connectivity index (χ0n) is 11.2. The van der Waals surface area contributed by atoms with Gasteiger partial charge in [-0.05, 0) is 57.1 Å². The smallest absolute Gasteiger partial charge is 0.0708 e.